The maximum atomic E-state index is 10.2. The molecule has 1 aromatic rings. The van der Waals surface area contributed by atoms with Crippen LogP contribution >= 0.6 is 0 Å². The summed E-state index contributed by atoms with van der Waals surface area (Å²) in [4.78, 5) is 2.48. The summed E-state index contributed by atoms with van der Waals surface area (Å²) in [6.45, 7) is 4.50. The van der Waals surface area contributed by atoms with Crippen molar-refractivity contribution in [2.75, 3.05) is 13.1 Å². The molecular formula is C14H21NO. The zero-order valence-corrected chi connectivity index (χ0v) is 9.97. The maximum absolute atomic E-state index is 10.2. The highest BCUT2D eigenvalue weighted by molar-refractivity contribution is 5.17. The standard InChI is InChI=1S/C14H21NO/c1-2-15-10-6-9-13(15)11-14(16)12-7-4-3-5-8-12/h3-5,7-8,13-14,16H,2,6,9-11H2,1H3. The molecular weight excluding hydrogens is 198 g/mol. The van der Waals surface area contributed by atoms with Gasteiger partial charge in [0.1, 0.15) is 0 Å². The lowest BCUT2D eigenvalue weighted by atomic mass is 10.0. The molecule has 0 spiro atoms. The van der Waals surface area contributed by atoms with Gasteiger partial charge in [-0.25, -0.2) is 0 Å². The van der Waals surface area contributed by atoms with E-state index in [1.165, 1.54) is 19.4 Å². The molecule has 1 saturated heterocycles. The van der Waals surface area contributed by atoms with Crippen LogP contribution < -0.4 is 0 Å². The van der Waals surface area contributed by atoms with Crippen LogP contribution in [0, 0.1) is 0 Å². The van der Waals surface area contributed by atoms with E-state index < -0.39 is 0 Å². The van der Waals surface area contributed by atoms with Crippen molar-refractivity contribution in [2.24, 2.45) is 0 Å². The second kappa shape index (κ2) is 5.46. The van der Waals surface area contributed by atoms with Gasteiger partial charge >= 0.3 is 0 Å². The van der Waals surface area contributed by atoms with Crippen molar-refractivity contribution in [3.8, 4) is 0 Å². The number of likely N-dealkylation sites (tertiary alicyclic amines) is 1. The van der Waals surface area contributed by atoms with Gasteiger partial charge in [0.2, 0.25) is 0 Å². The van der Waals surface area contributed by atoms with Gasteiger partial charge < -0.3 is 10.0 Å². The van der Waals surface area contributed by atoms with E-state index in [0.717, 1.165) is 18.5 Å². The highest BCUT2D eigenvalue weighted by atomic mass is 16.3. The Hall–Kier alpha value is -0.860. The fourth-order valence-corrected chi connectivity index (χ4v) is 2.65. The predicted molar refractivity (Wildman–Crippen MR) is 66.3 cm³/mol. The van der Waals surface area contributed by atoms with E-state index in [-0.39, 0.29) is 6.10 Å². The van der Waals surface area contributed by atoms with Gasteiger partial charge in [-0.3, -0.25) is 0 Å². The number of aliphatic hydroxyl groups excluding tert-OH is 1. The molecule has 16 heavy (non-hydrogen) atoms. The zero-order chi connectivity index (χ0) is 11.4. The van der Waals surface area contributed by atoms with Crippen LogP contribution in [0.15, 0.2) is 30.3 Å². The summed E-state index contributed by atoms with van der Waals surface area (Å²) in [5, 5.41) is 10.2. The molecule has 2 heteroatoms. The SMILES string of the molecule is CCN1CCCC1CC(O)c1ccccc1. The molecule has 1 N–H and O–H groups in total. The highest BCUT2D eigenvalue weighted by Gasteiger charge is 2.25. The third-order valence-corrected chi connectivity index (χ3v) is 3.58. The van der Waals surface area contributed by atoms with Gasteiger partial charge in [-0.15, -0.1) is 0 Å². The summed E-state index contributed by atoms with van der Waals surface area (Å²) in [6.07, 6.45) is 3.08. The summed E-state index contributed by atoms with van der Waals surface area (Å²) in [7, 11) is 0. The van der Waals surface area contributed by atoms with Crippen LogP contribution in [0.4, 0.5) is 0 Å². The maximum Gasteiger partial charge on any atom is 0.0805 e. The number of aliphatic hydroxyl groups is 1. The first-order chi connectivity index (χ1) is 7.81. The van der Waals surface area contributed by atoms with E-state index >= 15 is 0 Å². The Bertz CT molecular complexity index is 312. The zero-order valence-electron chi connectivity index (χ0n) is 9.97. The summed E-state index contributed by atoms with van der Waals surface area (Å²) in [6, 6.07) is 10.6. The van der Waals surface area contributed by atoms with Crippen molar-refractivity contribution >= 4 is 0 Å². The topological polar surface area (TPSA) is 23.5 Å². The molecule has 1 fully saturated rings. The molecule has 1 aliphatic heterocycles. The van der Waals surface area contributed by atoms with Crippen molar-refractivity contribution < 1.29 is 5.11 Å². The summed E-state index contributed by atoms with van der Waals surface area (Å²) in [5.41, 5.74) is 1.05. The molecule has 0 radical (unpaired) electrons. The Morgan fingerprint density at radius 3 is 2.81 bits per heavy atom. The second-order valence-corrected chi connectivity index (χ2v) is 4.59. The first-order valence-corrected chi connectivity index (χ1v) is 6.28. The monoisotopic (exact) mass is 219 g/mol. The molecule has 0 amide bonds. The van der Waals surface area contributed by atoms with E-state index in [4.69, 9.17) is 0 Å². The van der Waals surface area contributed by atoms with Crippen molar-refractivity contribution in [2.45, 2.75) is 38.3 Å². The normalized spacial score (nSPS) is 23.5. The van der Waals surface area contributed by atoms with Crippen LogP contribution in [0.5, 0.6) is 0 Å². The molecule has 0 bridgehead atoms. The van der Waals surface area contributed by atoms with E-state index in [0.29, 0.717) is 6.04 Å². The number of hydrogen-bond donors (Lipinski definition) is 1. The minimum atomic E-state index is -0.307. The molecule has 88 valence electrons. The molecule has 0 aliphatic carbocycles. The molecule has 1 heterocycles. The van der Waals surface area contributed by atoms with Gasteiger partial charge in [0.25, 0.3) is 0 Å². The summed E-state index contributed by atoms with van der Waals surface area (Å²) in [5.74, 6) is 0. The van der Waals surface area contributed by atoms with Crippen LogP contribution in [0.25, 0.3) is 0 Å². The highest BCUT2D eigenvalue weighted by Crippen LogP contribution is 2.26. The average Bonchev–Trinajstić information content (AvgIpc) is 2.77. The molecule has 1 aliphatic rings. The fourth-order valence-electron chi connectivity index (χ4n) is 2.65. The van der Waals surface area contributed by atoms with Gasteiger partial charge in [-0.2, -0.15) is 0 Å². The Balaban J connectivity index is 1.94. The third-order valence-electron chi connectivity index (χ3n) is 3.58. The Morgan fingerprint density at radius 2 is 2.12 bits per heavy atom. The lowest BCUT2D eigenvalue weighted by Crippen LogP contribution is -2.30. The van der Waals surface area contributed by atoms with Crippen LogP contribution in [0.1, 0.15) is 37.9 Å². The van der Waals surface area contributed by atoms with Gasteiger partial charge in [-0.05, 0) is 37.9 Å². The van der Waals surface area contributed by atoms with Crippen LogP contribution in [0.3, 0.4) is 0 Å². The lowest BCUT2D eigenvalue weighted by molar-refractivity contribution is 0.123. The van der Waals surface area contributed by atoms with Crippen molar-refractivity contribution in [3.63, 3.8) is 0 Å². The number of nitrogens with zero attached hydrogens (tertiary/aromatic N) is 1. The third kappa shape index (κ3) is 2.63. The Kier molecular flexibility index (Phi) is 3.97. The van der Waals surface area contributed by atoms with Gasteiger partial charge in [-0.1, -0.05) is 37.3 Å². The quantitative estimate of drug-likeness (QED) is 0.841. The van der Waals surface area contributed by atoms with E-state index in [1.807, 2.05) is 30.3 Å². The van der Waals surface area contributed by atoms with Gasteiger partial charge in [0.15, 0.2) is 0 Å². The molecule has 2 nitrogen and oxygen atoms in total. The second-order valence-electron chi connectivity index (χ2n) is 4.59. The minimum absolute atomic E-state index is 0.307. The molecule has 2 rings (SSSR count). The first kappa shape index (κ1) is 11.6. The predicted octanol–water partition coefficient (Wildman–Crippen LogP) is 2.59. The lowest BCUT2D eigenvalue weighted by Gasteiger charge is -2.25. The molecule has 0 aromatic heterocycles. The summed E-state index contributed by atoms with van der Waals surface area (Å²) >= 11 is 0. The first-order valence-electron chi connectivity index (χ1n) is 6.28. The summed E-state index contributed by atoms with van der Waals surface area (Å²) < 4.78 is 0. The minimum Gasteiger partial charge on any atom is -0.388 e. The molecule has 1 aromatic carbocycles. The van der Waals surface area contributed by atoms with Crippen LogP contribution in [-0.4, -0.2) is 29.1 Å². The van der Waals surface area contributed by atoms with Crippen molar-refractivity contribution in [3.05, 3.63) is 35.9 Å². The van der Waals surface area contributed by atoms with E-state index in [1.54, 1.807) is 0 Å². The number of hydrogen-bond acceptors (Lipinski definition) is 2. The number of rotatable bonds is 4. The van der Waals surface area contributed by atoms with Gasteiger partial charge in [0.05, 0.1) is 6.10 Å². The number of benzene rings is 1. The Labute approximate surface area is 97.9 Å². The van der Waals surface area contributed by atoms with Crippen LogP contribution in [0.2, 0.25) is 0 Å². The smallest absolute Gasteiger partial charge is 0.0805 e. The molecule has 2 unspecified atom stereocenters. The van der Waals surface area contributed by atoms with Crippen molar-refractivity contribution in [1.29, 1.82) is 0 Å². The Morgan fingerprint density at radius 1 is 1.38 bits per heavy atom. The van der Waals surface area contributed by atoms with Crippen LogP contribution in [-0.2, 0) is 0 Å². The largest absolute Gasteiger partial charge is 0.388 e. The molecule has 0 saturated carbocycles. The van der Waals surface area contributed by atoms with E-state index in [2.05, 4.69) is 11.8 Å². The van der Waals surface area contributed by atoms with E-state index in [9.17, 15) is 5.11 Å². The fraction of sp³-hybridized carbons (Fsp3) is 0.571. The molecule has 2 atom stereocenters. The average molecular weight is 219 g/mol. The van der Waals surface area contributed by atoms with Crippen molar-refractivity contribution in [1.82, 2.24) is 4.90 Å². The van der Waals surface area contributed by atoms with Gasteiger partial charge in [0, 0.05) is 6.04 Å².